The average molecular weight is 312 g/mol. The van der Waals surface area contributed by atoms with Crippen LogP contribution >= 0.6 is 0 Å². The Balaban J connectivity index is 4.29. The van der Waals surface area contributed by atoms with Crippen LogP contribution in [0.1, 0.15) is 67.7 Å². The lowest BCUT2D eigenvalue weighted by Gasteiger charge is -2.30. The van der Waals surface area contributed by atoms with Crippen molar-refractivity contribution in [1.29, 1.82) is 0 Å². The van der Waals surface area contributed by atoms with Crippen molar-refractivity contribution in [2.24, 2.45) is 28.4 Å². The Morgan fingerprint density at radius 3 is 1.91 bits per heavy atom. The van der Waals surface area contributed by atoms with Gasteiger partial charge in [-0.15, -0.1) is 0 Å². The van der Waals surface area contributed by atoms with E-state index in [1.807, 2.05) is 13.8 Å². The molecule has 0 saturated carbocycles. The van der Waals surface area contributed by atoms with Crippen LogP contribution in [0.5, 0.6) is 0 Å². The molecule has 3 nitrogen and oxygen atoms in total. The summed E-state index contributed by atoms with van der Waals surface area (Å²) >= 11 is 0. The van der Waals surface area contributed by atoms with Crippen LogP contribution in [0, 0.1) is 22.7 Å². The molecular formula is C19H37NO2. The molecule has 0 aromatic rings. The highest BCUT2D eigenvalue weighted by Gasteiger charge is 2.25. The highest BCUT2D eigenvalue weighted by molar-refractivity contribution is 5.74. The molecule has 0 aliphatic heterocycles. The summed E-state index contributed by atoms with van der Waals surface area (Å²) in [6, 6.07) is 0. The smallest absolute Gasteiger partial charge is 0.218 e. The molecule has 1 unspecified atom stereocenters. The van der Waals surface area contributed by atoms with Gasteiger partial charge in [-0.1, -0.05) is 60.6 Å². The third kappa shape index (κ3) is 9.99. The Morgan fingerprint density at radius 1 is 1.05 bits per heavy atom. The maximum Gasteiger partial charge on any atom is 0.218 e. The van der Waals surface area contributed by atoms with Gasteiger partial charge in [0.25, 0.3) is 0 Å². The van der Waals surface area contributed by atoms with E-state index >= 15 is 0 Å². The van der Waals surface area contributed by atoms with E-state index in [2.05, 4.69) is 41.2 Å². The van der Waals surface area contributed by atoms with Crippen LogP contribution < -0.4 is 5.73 Å². The van der Waals surface area contributed by atoms with E-state index in [9.17, 15) is 4.79 Å². The van der Waals surface area contributed by atoms with Crippen molar-refractivity contribution in [1.82, 2.24) is 0 Å². The molecule has 130 valence electrons. The van der Waals surface area contributed by atoms with Crippen LogP contribution in [0.15, 0.2) is 12.2 Å². The number of amides is 1. The van der Waals surface area contributed by atoms with Crippen molar-refractivity contribution in [3.05, 3.63) is 12.2 Å². The third-order valence-corrected chi connectivity index (χ3v) is 3.87. The summed E-state index contributed by atoms with van der Waals surface area (Å²) < 4.78 is 5.88. The zero-order chi connectivity index (χ0) is 17.6. The molecule has 0 fully saturated rings. The number of primary amides is 1. The van der Waals surface area contributed by atoms with Gasteiger partial charge < -0.3 is 10.5 Å². The second-order valence-corrected chi connectivity index (χ2v) is 8.83. The second kappa shape index (κ2) is 8.71. The number of allylic oxidation sites excluding steroid dienone is 1. The Labute approximate surface area is 137 Å². The van der Waals surface area contributed by atoms with Gasteiger partial charge in [-0.05, 0) is 35.5 Å². The molecule has 1 amide bonds. The maximum absolute atomic E-state index is 11.0. The van der Waals surface area contributed by atoms with Gasteiger partial charge in [0.05, 0.1) is 13.2 Å². The summed E-state index contributed by atoms with van der Waals surface area (Å²) in [6.07, 6.45) is 2.50. The molecule has 2 N–H and O–H groups in total. The summed E-state index contributed by atoms with van der Waals surface area (Å²) in [5.41, 5.74) is 6.43. The molecule has 0 spiro atoms. The minimum atomic E-state index is -0.274. The lowest BCUT2D eigenvalue weighted by Crippen LogP contribution is -2.29. The van der Waals surface area contributed by atoms with Crippen LogP contribution in [-0.2, 0) is 9.53 Å². The molecule has 0 saturated heterocycles. The third-order valence-electron chi connectivity index (χ3n) is 3.87. The molecule has 3 heteroatoms. The SMILES string of the molecule is C=C(CC(C)(C)COCC(C)(C)CC(N)=O)C(C)CC(C)C. The number of hydrogen-bond acceptors (Lipinski definition) is 2. The molecule has 22 heavy (non-hydrogen) atoms. The summed E-state index contributed by atoms with van der Waals surface area (Å²) in [7, 11) is 0. The van der Waals surface area contributed by atoms with Gasteiger partial charge in [-0.3, -0.25) is 4.79 Å². The van der Waals surface area contributed by atoms with Gasteiger partial charge in [-0.2, -0.15) is 0 Å². The van der Waals surface area contributed by atoms with Crippen LogP contribution in [0.3, 0.4) is 0 Å². The van der Waals surface area contributed by atoms with Crippen molar-refractivity contribution in [2.45, 2.75) is 67.7 Å². The first kappa shape index (κ1) is 21.2. The van der Waals surface area contributed by atoms with E-state index in [1.54, 1.807) is 0 Å². The second-order valence-electron chi connectivity index (χ2n) is 8.83. The topological polar surface area (TPSA) is 52.3 Å². The van der Waals surface area contributed by atoms with Crippen molar-refractivity contribution < 1.29 is 9.53 Å². The van der Waals surface area contributed by atoms with E-state index in [-0.39, 0.29) is 16.7 Å². The number of nitrogens with two attached hydrogens (primary N) is 1. The summed E-state index contributed by atoms with van der Waals surface area (Å²) in [6.45, 7) is 20.7. The summed E-state index contributed by atoms with van der Waals surface area (Å²) in [5, 5.41) is 0. The Kier molecular flexibility index (Phi) is 8.38. The van der Waals surface area contributed by atoms with Crippen molar-refractivity contribution in [2.75, 3.05) is 13.2 Å². The van der Waals surface area contributed by atoms with Crippen molar-refractivity contribution in [3.8, 4) is 0 Å². The van der Waals surface area contributed by atoms with Gasteiger partial charge in [0.1, 0.15) is 0 Å². The lowest BCUT2D eigenvalue weighted by atomic mass is 9.80. The van der Waals surface area contributed by atoms with Crippen molar-refractivity contribution >= 4 is 5.91 Å². The first-order chi connectivity index (χ1) is 9.84. The first-order valence-corrected chi connectivity index (χ1v) is 8.38. The highest BCUT2D eigenvalue weighted by atomic mass is 16.5. The van der Waals surface area contributed by atoms with Gasteiger partial charge in [0.15, 0.2) is 0 Å². The van der Waals surface area contributed by atoms with E-state index in [0.717, 1.165) is 6.42 Å². The minimum absolute atomic E-state index is 0.0606. The van der Waals surface area contributed by atoms with Gasteiger partial charge >= 0.3 is 0 Å². The first-order valence-electron chi connectivity index (χ1n) is 8.38. The Morgan fingerprint density at radius 2 is 1.50 bits per heavy atom. The fourth-order valence-electron chi connectivity index (χ4n) is 2.84. The molecule has 0 bridgehead atoms. The Bertz CT molecular complexity index is 370. The molecule has 0 aromatic heterocycles. The highest BCUT2D eigenvalue weighted by Crippen LogP contribution is 2.31. The molecule has 0 aliphatic carbocycles. The van der Waals surface area contributed by atoms with E-state index < -0.39 is 0 Å². The van der Waals surface area contributed by atoms with Gasteiger partial charge in [0, 0.05) is 6.42 Å². The minimum Gasteiger partial charge on any atom is -0.380 e. The average Bonchev–Trinajstić information content (AvgIpc) is 2.24. The van der Waals surface area contributed by atoms with E-state index in [4.69, 9.17) is 10.5 Å². The Hall–Kier alpha value is -0.830. The number of carbonyl (C=O) groups excluding carboxylic acids is 1. The predicted octanol–water partition coefficient (Wildman–Crippen LogP) is 4.56. The normalized spacial score (nSPS) is 14.2. The molecule has 0 aliphatic rings. The van der Waals surface area contributed by atoms with E-state index in [0.29, 0.717) is 31.5 Å². The molecule has 0 aromatic carbocycles. The molecule has 1 atom stereocenters. The molecule has 0 rings (SSSR count). The van der Waals surface area contributed by atoms with Gasteiger partial charge in [0.2, 0.25) is 5.91 Å². The monoisotopic (exact) mass is 311 g/mol. The standard InChI is InChI=1S/C19H37NO2/c1-14(2)9-15(3)16(4)10-18(5,6)12-22-13-19(7,8)11-17(20)21/h14-15H,4,9-13H2,1-3,5-8H3,(H2,20,21). The number of carbonyl (C=O) groups is 1. The number of ether oxygens (including phenoxy) is 1. The summed E-state index contributed by atoms with van der Waals surface area (Å²) in [5.74, 6) is 0.968. The maximum atomic E-state index is 11.0. The molecule has 0 heterocycles. The van der Waals surface area contributed by atoms with Crippen LogP contribution in [-0.4, -0.2) is 19.1 Å². The zero-order valence-electron chi connectivity index (χ0n) is 15.8. The fraction of sp³-hybridized carbons (Fsp3) is 0.842. The quantitative estimate of drug-likeness (QED) is 0.569. The van der Waals surface area contributed by atoms with Crippen LogP contribution in [0.4, 0.5) is 0 Å². The molecular weight excluding hydrogens is 274 g/mol. The van der Waals surface area contributed by atoms with Crippen LogP contribution in [0.25, 0.3) is 0 Å². The summed E-state index contributed by atoms with van der Waals surface area (Å²) in [4.78, 5) is 11.0. The largest absolute Gasteiger partial charge is 0.380 e. The number of rotatable bonds is 11. The van der Waals surface area contributed by atoms with Gasteiger partial charge in [-0.25, -0.2) is 0 Å². The zero-order valence-corrected chi connectivity index (χ0v) is 15.8. The number of hydrogen-bond donors (Lipinski definition) is 1. The van der Waals surface area contributed by atoms with E-state index in [1.165, 1.54) is 12.0 Å². The lowest BCUT2D eigenvalue weighted by molar-refractivity contribution is -0.121. The molecule has 0 radical (unpaired) electrons. The van der Waals surface area contributed by atoms with Crippen molar-refractivity contribution in [3.63, 3.8) is 0 Å². The van der Waals surface area contributed by atoms with Crippen LogP contribution in [0.2, 0.25) is 0 Å². The predicted molar refractivity (Wildman–Crippen MR) is 94.6 cm³/mol. The fourth-order valence-corrected chi connectivity index (χ4v) is 2.84.